The van der Waals surface area contributed by atoms with E-state index in [9.17, 15) is 9.18 Å². The van der Waals surface area contributed by atoms with E-state index in [1.165, 1.54) is 23.5 Å². The Hall–Kier alpha value is -1.04. The van der Waals surface area contributed by atoms with Crippen molar-refractivity contribution in [2.45, 2.75) is 12.5 Å². The number of Topliss-reactive ketones (excluding diaryl/α,β-unsaturated/α-hetero) is 1. The van der Waals surface area contributed by atoms with Crippen LogP contribution in [0.15, 0.2) is 40.2 Å². The Bertz CT molecular complexity index is 536. The molecule has 2 nitrogen and oxygen atoms in total. The number of benzene rings is 1. The monoisotopic (exact) mass is 327 g/mol. The van der Waals surface area contributed by atoms with Gasteiger partial charge in [0, 0.05) is 15.8 Å². The molecule has 2 rings (SSSR count). The molecular formula is C13H11BrFNOS. The molecule has 0 radical (unpaired) electrons. The molecule has 0 aliphatic heterocycles. The molecule has 0 amide bonds. The highest BCUT2D eigenvalue weighted by Gasteiger charge is 2.17. The van der Waals surface area contributed by atoms with Crippen LogP contribution in [0.5, 0.6) is 0 Å². The van der Waals surface area contributed by atoms with Gasteiger partial charge in [0.2, 0.25) is 0 Å². The summed E-state index contributed by atoms with van der Waals surface area (Å²) in [6.45, 7) is 0. The summed E-state index contributed by atoms with van der Waals surface area (Å²) in [6, 6.07) is 7.48. The van der Waals surface area contributed by atoms with Gasteiger partial charge in [-0.15, -0.1) is 11.3 Å². The molecule has 0 fully saturated rings. The number of hydrogen-bond donors (Lipinski definition) is 1. The van der Waals surface area contributed by atoms with E-state index in [0.29, 0.717) is 10.0 Å². The molecule has 1 heterocycles. The van der Waals surface area contributed by atoms with Crippen LogP contribution < -0.4 is 5.73 Å². The normalized spacial score (nSPS) is 12.4. The first-order valence-electron chi connectivity index (χ1n) is 5.33. The van der Waals surface area contributed by atoms with E-state index >= 15 is 0 Å². The third kappa shape index (κ3) is 3.25. The molecule has 0 aliphatic carbocycles. The van der Waals surface area contributed by atoms with Crippen LogP contribution in [-0.4, -0.2) is 5.78 Å². The summed E-state index contributed by atoms with van der Waals surface area (Å²) in [4.78, 5) is 12.8. The van der Waals surface area contributed by atoms with Gasteiger partial charge in [-0.3, -0.25) is 4.79 Å². The Morgan fingerprint density at radius 1 is 1.44 bits per heavy atom. The number of carbonyl (C=O) groups is 1. The molecular weight excluding hydrogens is 317 g/mol. The molecule has 0 saturated carbocycles. The maximum Gasteiger partial charge on any atom is 0.159 e. The molecule has 1 aromatic heterocycles. The van der Waals surface area contributed by atoms with Crippen molar-refractivity contribution in [3.05, 3.63) is 56.4 Å². The average molecular weight is 328 g/mol. The van der Waals surface area contributed by atoms with Crippen LogP contribution in [0, 0.1) is 5.82 Å². The average Bonchev–Trinajstić information content (AvgIpc) is 2.79. The second-order valence-corrected chi connectivity index (χ2v) is 5.81. The van der Waals surface area contributed by atoms with Crippen molar-refractivity contribution in [3.8, 4) is 0 Å². The molecule has 1 unspecified atom stereocenters. The maximum atomic E-state index is 13.2. The lowest BCUT2D eigenvalue weighted by Gasteiger charge is -2.08. The molecule has 2 aromatic rings. The Morgan fingerprint density at radius 3 is 2.83 bits per heavy atom. The Balaban J connectivity index is 2.11. The van der Waals surface area contributed by atoms with Gasteiger partial charge >= 0.3 is 0 Å². The van der Waals surface area contributed by atoms with Crippen LogP contribution in [0.1, 0.15) is 16.5 Å². The minimum Gasteiger partial charge on any atom is -0.317 e. The van der Waals surface area contributed by atoms with E-state index in [2.05, 4.69) is 15.9 Å². The highest BCUT2D eigenvalue weighted by atomic mass is 79.9. The first-order valence-corrected chi connectivity index (χ1v) is 7.00. The van der Waals surface area contributed by atoms with Crippen LogP contribution >= 0.6 is 27.3 Å². The van der Waals surface area contributed by atoms with Gasteiger partial charge in [-0.2, -0.15) is 0 Å². The lowest BCUT2D eigenvalue weighted by atomic mass is 10.0. The zero-order chi connectivity index (χ0) is 13.1. The minimum atomic E-state index is -0.632. The SMILES string of the molecule is NC(C(=O)Cc1cc(F)cc(Br)c1)c1cccs1. The third-order valence-electron chi connectivity index (χ3n) is 2.50. The molecule has 1 aromatic carbocycles. The fourth-order valence-corrected chi connectivity index (χ4v) is 2.91. The molecule has 0 saturated heterocycles. The second-order valence-electron chi connectivity index (χ2n) is 3.91. The third-order valence-corrected chi connectivity index (χ3v) is 3.91. The van der Waals surface area contributed by atoms with Crippen molar-refractivity contribution in [3.63, 3.8) is 0 Å². The molecule has 0 bridgehead atoms. The Kier molecular flexibility index (Phi) is 4.27. The van der Waals surface area contributed by atoms with Crippen molar-refractivity contribution >= 4 is 33.0 Å². The zero-order valence-electron chi connectivity index (χ0n) is 9.40. The van der Waals surface area contributed by atoms with Crippen LogP contribution in [0.3, 0.4) is 0 Å². The number of carbonyl (C=O) groups excluding carboxylic acids is 1. The molecule has 5 heteroatoms. The topological polar surface area (TPSA) is 43.1 Å². The van der Waals surface area contributed by atoms with E-state index in [4.69, 9.17) is 5.73 Å². The second kappa shape index (κ2) is 5.73. The van der Waals surface area contributed by atoms with E-state index in [-0.39, 0.29) is 18.0 Å². The van der Waals surface area contributed by atoms with E-state index < -0.39 is 6.04 Å². The van der Waals surface area contributed by atoms with Crippen molar-refractivity contribution in [2.75, 3.05) is 0 Å². The quantitative estimate of drug-likeness (QED) is 0.934. The fraction of sp³-hybridized carbons (Fsp3) is 0.154. The molecule has 1 atom stereocenters. The predicted molar refractivity (Wildman–Crippen MR) is 74.1 cm³/mol. The van der Waals surface area contributed by atoms with Gasteiger partial charge in [-0.25, -0.2) is 4.39 Å². The van der Waals surface area contributed by atoms with Crippen LogP contribution in [-0.2, 0) is 11.2 Å². The highest BCUT2D eigenvalue weighted by molar-refractivity contribution is 9.10. The summed E-state index contributed by atoms with van der Waals surface area (Å²) >= 11 is 4.65. The summed E-state index contributed by atoms with van der Waals surface area (Å²) in [5.74, 6) is -0.480. The standard InChI is InChI=1S/C13H11BrFNOS/c14-9-4-8(5-10(15)7-9)6-11(17)13(16)12-2-1-3-18-12/h1-5,7,13H,6,16H2. The highest BCUT2D eigenvalue weighted by Crippen LogP contribution is 2.21. The molecule has 94 valence electrons. The number of thiophene rings is 1. The van der Waals surface area contributed by atoms with Gasteiger partial charge in [0.15, 0.2) is 5.78 Å². The predicted octanol–water partition coefficient (Wildman–Crippen LogP) is 3.46. The van der Waals surface area contributed by atoms with Crippen molar-refractivity contribution in [2.24, 2.45) is 5.73 Å². The van der Waals surface area contributed by atoms with E-state index in [0.717, 1.165) is 4.88 Å². The van der Waals surface area contributed by atoms with Gasteiger partial charge in [0.25, 0.3) is 0 Å². The van der Waals surface area contributed by atoms with Gasteiger partial charge in [0.1, 0.15) is 5.82 Å². The minimum absolute atomic E-state index is 0.116. The van der Waals surface area contributed by atoms with Crippen molar-refractivity contribution in [1.29, 1.82) is 0 Å². The van der Waals surface area contributed by atoms with Crippen LogP contribution in [0.2, 0.25) is 0 Å². The molecule has 0 spiro atoms. The number of halogens is 2. The molecule has 2 N–H and O–H groups in total. The first-order chi connectivity index (χ1) is 8.56. The van der Waals surface area contributed by atoms with E-state index in [1.54, 1.807) is 6.07 Å². The van der Waals surface area contributed by atoms with E-state index in [1.807, 2.05) is 17.5 Å². The number of nitrogens with two attached hydrogens (primary N) is 1. The van der Waals surface area contributed by atoms with Gasteiger partial charge in [-0.1, -0.05) is 22.0 Å². The maximum absolute atomic E-state index is 13.2. The van der Waals surface area contributed by atoms with Gasteiger partial charge in [0.05, 0.1) is 6.04 Å². The lowest BCUT2D eigenvalue weighted by molar-refractivity contribution is -0.119. The summed E-state index contributed by atoms with van der Waals surface area (Å²) in [7, 11) is 0. The van der Waals surface area contributed by atoms with Crippen LogP contribution in [0.4, 0.5) is 4.39 Å². The largest absolute Gasteiger partial charge is 0.317 e. The summed E-state index contributed by atoms with van der Waals surface area (Å²) < 4.78 is 13.8. The van der Waals surface area contributed by atoms with Crippen LogP contribution in [0.25, 0.3) is 0 Å². The molecule has 0 aliphatic rings. The van der Waals surface area contributed by atoms with Gasteiger partial charge < -0.3 is 5.73 Å². The zero-order valence-corrected chi connectivity index (χ0v) is 11.8. The lowest BCUT2D eigenvalue weighted by Crippen LogP contribution is -2.22. The smallest absolute Gasteiger partial charge is 0.159 e. The summed E-state index contributed by atoms with van der Waals surface area (Å²) in [6.07, 6.45) is 0.134. The number of hydrogen-bond acceptors (Lipinski definition) is 3. The number of ketones is 1. The fourth-order valence-electron chi connectivity index (χ4n) is 1.65. The summed E-state index contributed by atoms with van der Waals surface area (Å²) in [5, 5.41) is 1.88. The number of rotatable bonds is 4. The summed E-state index contributed by atoms with van der Waals surface area (Å²) in [5.41, 5.74) is 6.49. The Morgan fingerprint density at radius 2 is 2.22 bits per heavy atom. The van der Waals surface area contributed by atoms with Gasteiger partial charge in [-0.05, 0) is 35.2 Å². The van der Waals surface area contributed by atoms with Crippen molar-refractivity contribution < 1.29 is 9.18 Å². The molecule has 18 heavy (non-hydrogen) atoms. The van der Waals surface area contributed by atoms with Crippen molar-refractivity contribution in [1.82, 2.24) is 0 Å². The first kappa shape index (κ1) is 13.4. The Labute approximate surface area is 117 Å².